The molecule has 0 saturated carbocycles. The minimum absolute atomic E-state index is 0.00260. The van der Waals surface area contributed by atoms with Gasteiger partial charge in [0.1, 0.15) is 5.75 Å². The van der Waals surface area contributed by atoms with Crippen molar-refractivity contribution in [2.24, 2.45) is 5.73 Å². The first-order valence-electron chi connectivity index (χ1n) is 5.77. The summed E-state index contributed by atoms with van der Waals surface area (Å²) in [4.78, 5) is 0. The lowest BCUT2D eigenvalue weighted by molar-refractivity contribution is 0.348. The van der Waals surface area contributed by atoms with Crippen LogP contribution >= 0.6 is 0 Å². The van der Waals surface area contributed by atoms with Crippen LogP contribution in [0.1, 0.15) is 19.4 Å². The van der Waals surface area contributed by atoms with E-state index in [2.05, 4.69) is 0 Å². The van der Waals surface area contributed by atoms with Crippen molar-refractivity contribution in [3.05, 3.63) is 23.3 Å². The fourth-order valence-corrected chi connectivity index (χ4v) is 1.54. The van der Waals surface area contributed by atoms with E-state index in [9.17, 15) is 0 Å². The standard InChI is InChI=1S/C14H21NO3/c1-9(10(2)15)6-11-7-13(17-4)14(18-5)8-12(11)16-3/h6-8,10H,15H2,1-5H3/b9-6-. The van der Waals surface area contributed by atoms with Gasteiger partial charge in [0.15, 0.2) is 11.5 Å². The minimum atomic E-state index is 0.00260. The largest absolute Gasteiger partial charge is 0.496 e. The third kappa shape index (κ3) is 3.17. The summed E-state index contributed by atoms with van der Waals surface area (Å²) in [5, 5.41) is 0. The van der Waals surface area contributed by atoms with Crippen molar-refractivity contribution < 1.29 is 14.2 Å². The Morgan fingerprint density at radius 2 is 1.56 bits per heavy atom. The molecule has 0 radical (unpaired) electrons. The number of hydrogen-bond acceptors (Lipinski definition) is 4. The molecule has 0 spiro atoms. The van der Waals surface area contributed by atoms with Gasteiger partial charge in [0.05, 0.1) is 21.3 Å². The third-order valence-corrected chi connectivity index (χ3v) is 2.84. The number of benzene rings is 1. The molecule has 1 aromatic carbocycles. The van der Waals surface area contributed by atoms with E-state index in [0.717, 1.165) is 16.9 Å². The van der Waals surface area contributed by atoms with E-state index in [1.165, 1.54) is 0 Å². The van der Waals surface area contributed by atoms with E-state index >= 15 is 0 Å². The summed E-state index contributed by atoms with van der Waals surface area (Å²) in [5.74, 6) is 2.04. The highest BCUT2D eigenvalue weighted by Gasteiger charge is 2.11. The van der Waals surface area contributed by atoms with Crippen LogP contribution in [0.5, 0.6) is 17.2 Å². The van der Waals surface area contributed by atoms with Crippen molar-refractivity contribution in [2.75, 3.05) is 21.3 Å². The predicted octanol–water partition coefficient (Wildman–Crippen LogP) is 2.46. The second kappa shape index (κ2) is 6.31. The molecule has 2 N–H and O–H groups in total. The summed E-state index contributed by atoms with van der Waals surface area (Å²) in [7, 11) is 4.83. The van der Waals surface area contributed by atoms with E-state index in [1.807, 2.05) is 26.0 Å². The summed E-state index contributed by atoms with van der Waals surface area (Å²) in [6.45, 7) is 3.93. The molecular formula is C14H21NO3. The molecule has 1 unspecified atom stereocenters. The van der Waals surface area contributed by atoms with Crippen LogP contribution in [0.15, 0.2) is 17.7 Å². The van der Waals surface area contributed by atoms with Crippen molar-refractivity contribution in [3.63, 3.8) is 0 Å². The zero-order valence-electron chi connectivity index (χ0n) is 11.6. The minimum Gasteiger partial charge on any atom is -0.496 e. The van der Waals surface area contributed by atoms with Gasteiger partial charge in [-0.3, -0.25) is 0 Å². The maximum absolute atomic E-state index is 5.84. The number of hydrogen-bond donors (Lipinski definition) is 1. The Kier molecular flexibility index (Phi) is 5.04. The molecule has 0 saturated heterocycles. The number of ether oxygens (including phenoxy) is 3. The quantitative estimate of drug-likeness (QED) is 0.873. The Hall–Kier alpha value is -1.68. The van der Waals surface area contributed by atoms with E-state index in [-0.39, 0.29) is 6.04 Å². The lowest BCUT2D eigenvalue weighted by Crippen LogP contribution is -2.15. The van der Waals surface area contributed by atoms with E-state index in [1.54, 1.807) is 27.4 Å². The van der Waals surface area contributed by atoms with Crippen LogP contribution in [0, 0.1) is 0 Å². The van der Waals surface area contributed by atoms with Gasteiger partial charge in [0.2, 0.25) is 0 Å². The first kappa shape index (κ1) is 14.4. The summed E-state index contributed by atoms with van der Waals surface area (Å²) in [5.41, 5.74) is 7.83. The molecule has 0 aliphatic heterocycles. The van der Waals surface area contributed by atoms with Crippen molar-refractivity contribution in [2.45, 2.75) is 19.9 Å². The molecular weight excluding hydrogens is 230 g/mol. The lowest BCUT2D eigenvalue weighted by Gasteiger charge is -2.13. The predicted molar refractivity (Wildman–Crippen MR) is 73.4 cm³/mol. The van der Waals surface area contributed by atoms with Crippen molar-refractivity contribution in [1.82, 2.24) is 0 Å². The van der Waals surface area contributed by atoms with Crippen LogP contribution in [-0.2, 0) is 0 Å². The van der Waals surface area contributed by atoms with Gasteiger partial charge in [-0.15, -0.1) is 0 Å². The van der Waals surface area contributed by atoms with Gasteiger partial charge >= 0.3 is 0 Å². The molecule has 0 heterocycles. The normalized spacial score (nSPS) is 13.1. The van der Waals surface area contributed by atoms with Gasteiger partial charge < -0.3 is 19.9 Å². The molecule has 18 heavy (non-hydrogen) atoms. The van der Waals surface area contributed by atoms with Gasteiger partial charge in [0.25, 0.3) is 0 Å². The zero-order valence-corrected chi connectivity index (χ0v) is 11.6. The average molecular weight is 251 g/mol. The van der Waals surface area contributed by atoms with Gasteiger partial charge in [-0.1, -0.05) is 11.6 Å². The molecule has 0 bridgehead atoms. The van der Waals surface area contributed by atoms with Crippen molar-refractivity contribution in [1.29, 1.82) is 0 Å². The third-order valence-electron chi connectivity index (χ3n) is 2.84. The van der Waals surface area contributed by atoms with Crippen molar-refractivity contribution >= 4 is 6.08 Å². The fraction of sp³-hybridized carbons (Fsp3) is 0.429. The highest BCUT2D eigenvalue weighted by Crippen LogP contribution is 2.35. The maximum Gasteiger partial charge on any atom is 0.164 e. The molecule has 1 rings (SSSR count). The van der Waals surface area contributed by atoms with Gasteiger partial charge in [0, 0.05) is 17.7 Å². The van der Waals surface area contributed by atoms with Gasteiger partial charge in [-0.05, 0) is 19.9 Å². The number of nitrogens with two attached hydrogens (primary N) is 1. The molecule has 100 valence electrons. The van der Waals surface area contributed by atoms with Crippen molar-refractivity contribution in [3.8, 4) is 17.2 Å². The molecule has 0 aliphatic carbocycles. The first-order chi connectivity index (χ1) is 8.53. The van der Waals surface area contributed by atoms with Gasteiger partial charge in [-0.2, -0.15) is 0 Å². The highest BCUT2D eigenvalue weighted by atomic mass is 16.5. The summed E-state index contributed by atoms with van der Waals surface area (Å²) in [6.07, 6.45) is 1.99. The Morgan fingerprint density at radius 3 is 2.00 bits per heavy atom. The maximum atomic E-state index is 5.84. The zero-order chi connectivity index (χ0) is 13.7. The Labute approximate surface area is 108 Å². The van der Waals surface area contributed by atoms with Crippen LogP contribution in [0.3, 0.4) is 0 Å². The van der Waals surface area contributed by atoms with E-state index in [4.69, 9.17) is 19.9 Å². The molecule has 0 aromatic heterocycles. The Morgan fingerprint density at radius 1 is 1.06 bits per heavy atom. The Balaban J connectivity index is 3.30. The highest BCUT2D eigenvalue weighted by molar-refractivity contribution is 5.65. The topological polar surface area (TPSA) is 53.7 Å². The fourth-order valence-electron chi connectivity index (χ4n) is 1.54. The van der Waals surface area contributed by atoms with Crippen LogP contribution in [0.2, 0.25) is 0 Å². The summed E-state index contributed by atoms with van der Waals surface area (Å²) >= 11 is 0. The first-order valence-corrected chi connectivity index (χ1v) is 5.77. The van der Waals surface area contributed by atoms with Crippen LogP contribution in [0.4, 0.5) is 0 Å². The second-order valence-corrected chi connectivity index (χ2v) is 4.13. The van der Waals surface area contributed by atoms with Crippen LogP contribution in [0.25, 0.3) is 6.08 Å². The molecule has 1 aromatic rings. The summed E-state index contributed by atoms with van der Waals surface area (Å²) < 4.78 is 15.9. The SMILES string of the molecule is COc1cc(OC)c(OC)cc1/C=C(/C)C(C)N. The molecule has 0 aliphatic rings. The molecule has 4 nitrogen and oxygen atoms in total. The lowest BCUT2D eigenvalue weighted by atomic mass is 10.1. The van der Waals surface area contributed by atoms with E-state index < -0.39 is 0 Å². The Bertz CT molecular complexity index is 439. The molecule has 1 atom stereocenters. The van der Waals surface area contributed by atoms with Gasteiger partial charge in [-0.25, -0.2) is 0 Å². The molecule has 0 fully saturated rings. The van der Waals surface area contributed by atoms with E-state index in [0.29, 0.717) is 11.5 Å². The summed E-state index contributed by atoms with van der Waals surface area (Å²) in [6, 6.07) is 3.69. The monoisotopic (exact) mass is 251 g/mol. The van der Waals surface area contributed by atoms with Crippen LogP contribution < -0.4 is 19.9 Å². The average Bonchev–Trinajstić information content (AvgIpc) is 2.37. The molecule has 4 heteroatoms. The molecule has 0 amide bonds. The number of methoxy groups -OCH3 is 3. The van der Waals surface area contributed by atoms with Crippen LogP contribution in [-0.4, -0.2) is 27.4 Å². The number of rotatable bonds is 5. The smallest absolute Gasteiger partial charge is 0.164 e. The second-order valence-electron chi connectivity index (χ2n) is 4.13.